The predicted molar refractivity (Wildman–Crippen MR) is 71.1 cm³/mol. The number of ether oxygens (including phenoxy) is 1. The van der Waals surface area contributed by atoms with E-state index in [1.165, 1.54) is 18.2 Å². The van der Waals surface area contributed by atoms with Crippen LogP contribution < -0.4 is 5.32 Å². The van der Waals surface area contributed by atoms with Crippen LogP contribution in [0.5, 0.6) is 0 Å². The number of rotatable bonds is 4. The Hall–Kier alpha value is -2.50. The Morgan fingerprint density at radius 3 is 2.29 bits per heavy atom. The fourth-order valence-corrected chi connectivity index (χ4v) is 1.88. The molecule has 0 radical (unpaired) electrons. The van der Waals surface area contributed by atoms with Crippen LogP contribution in [0.15, 0.2) is 42.5 Å². The number of anilines is 1. The Bertz CT molecular complexity index is 641. The lowest BCUT2D eigenvalue weighted by Gasteiger charge is -2.18. The highest BCUT2D eigenvalue weighted by molar-refractivity contribution is 5.81. The Labute approximate surface area is 119 Å². The number of methoxy groups -OCH3 is 1. The van der Waals surface area contributed by atoms with Crippen LogP contribution >= 0.6 is 0 Å². The maximum Gasteiger partial charge on any atom is 0.332 e. The van der Waals surface area contributed by atoms with E-state index in [1.54, 1.807) is 0 Å². The topological polar surface area (TPSA) is 38.3 Å². The molecule has 1 atom stereocenters. The van der Waals surface area contributed by atoms with Gasteiger partial charge in [0.05, 0.1) is 7.11 Å². The molecule has 2 rings (SSSR count). The van der Waals surface area contributed by atoms with Crippen LogP contribution in [0.1, 0.15) is 11.6 Å². The number of hydrogen-bond donors (Lipinski definition) is 1. The fraction of sp³-hybridized carbons (Fsp3) is 0.133. The van der Waals surface area contributed by atoms with Crippen molar-refractivity contribution < 1.29 is 22.7 Å². The van der Waals surface area contributed by atoms with Gasteiger partial charge in [0.2, 0.25) is 0 Å². The zero-order valence-electron chi connectivity index (χ0n) is 11.1. The zero-order valence-corrected chi connectivity index (χ0v) is 11.1. The van der Waals surface area contributed by atoms with Crippen molar-refractivity contribution in [3.63, 3.8) is 0 Å². The first kappa shape index (κ1) is 14.9. The van der Waals surface area contributed by atoms with Crippen molar-refractivity contribution in [1.29, 1.82) is 0 Å². The summed E-state index contributed by atoms with van der Waals surface area (Å²) in [5, 5.41) is 2.69. The van der Waals surface area contributed by atoms with Gasteiger partial charge in [-0.05, 0) is 35.9 Å². The molecular formula is C15H12F3NO2. The van der Waals surface area contributed by atoms with Crippen LogP contribution in [-0.4, -0.2) is 13.1 Å². The van der Waals surface area contributed by atoms with Gasteiger partial charge in [-0.2, -0.15) is 0 Å². The normalized spacial score (nSPS) is 11.8. The third kappa shape index (κ3) is 3.75. The quantitative estimate of drug-likeness (QED) is 0.878. The van der Waals surface area contributed by atoms with E-state index in [-0.39, 0.29) is 11.3 Å². The largest absolute Gasteiger partial charge is 0.467 e. The van der Waals surface area contributed by atoms with E-state index in [4.69, 9.17) is 0 Å². The Morgan fingerprint density at radius 1 is 1.05 bits per heavy atom. The molecule has 1 N–H and O–H groups in total. The lowest BCUT2D eigenvalue weighted by molar-refractivity contribution is -0.141. The van der Waals surface area contributed by atoms with Gasteiger partial charge in [0.1, 0.15) is 17.5 Å². The molecule has 0 spiro atoms. The summed E-state index contributed by atoms with van der Waals surface area (Å²) in [6.07, 6.45) is 0. The Morgan fingerprint density at radius 2 is 1.71 bits per heavy atom. The molecule has 0 bridgehead atoms. The predicted octanol–water partition coefficient (Wildman–Crippen LogP) is 3.43. The standard InChI is InChI=1S/C15H12F3NO2/c1-21-15(20)14(9-5-11(17)7-12(18)6-9)19-13-4-2-3-10(16)8-13/h2-8,14,19H,1H3. The van der Waals surface area contributed by atoms with Crippen molar-refractivity contribution in [3.8, 4) is 0 Å². The van der Waals surface area contributed by atoms with Crippen molar-refractivity contribution in [2.24, 2.45) is 0 Å². The van der Waals surface area contributed by atoms with Crippen LogP contribution in [0, 0.1) is 17.5 Å². The van der Waals surface area contributed by atoms with E-state index in [1.807, 2.05) is 0 Å². The van der Waals surface area contributed by atoms with Gasteiger partial charge in [0.15, 0.2) is 6.04 Å². The number of carbonyl (C=O) groups is 1. The summed E-state index contributed by atoms with van der Waals surface area (Å²) in [6, 6.07) is 6.93. The second-order valence-electron chi connectivity index (χ2n) is 4.31. The number of esters is 1. The highest BCUT2D eigenvalue weighted by Crippen LogP contribution is 2.23. The third-order valence-electron chi connectivity index (χ3n) is 2.79. The molecule has 0 heterocycles. The molecule has 0 fully saturated rings. The highest BCUT2D eigenvalue weighted by Gasteiger charge is 2.22. The minimum atomic E-state index is -1.15. The first-order chi connectivity index (χ1) is 9.99. The van der Waals surface area contributed by atoms with E-state index in [0.29, 0.717) is 6.07 Å². The van der Waals surface area contributed by atoms with E-state index in [9.17, 15) is 18.0 Å². The molecule has 0 aliphatic heterocycles. The van der Waals surface area contributed by atoms with Gasteiger partial charge < -0.3 is 10.1 Å². The highest BCUT2D eigenvalue weighted by atomic mass is 19.1. The van der Waals surface area contributed by atoms with E-state index in [0.717, 1.165) is 25.3 Å². The maximum absolute atomic E-state index is 13.3. The van der Waals surface area contributed by atoms with Gasteiger partial charge >= 0.3 is 5.97 Å². The van der Waals surface area contributed by atoms with Crippen molar-refractivity contribution in [1.82, 2.24) is 0 Å². The first-order valence-corrected chi connectivity index (χ1v) is 6.05. The lowest BCUT2D eigenvalue weighted by atomic mass is 10.1. The van der Waals surface area contributed by atoms with Gasteiger partial charge in [-0.1, -0.05) is 6.07 Å². The number of carbonyl (C=O) groups excluding carboxylic acids is 1. The minimum absolute atomic E-state index is 0.0450. The molecule has 1 unspecified atom stereocenters. The van der Waals surface area contributed by atoms with Crippen molar-refractivity contribution >= 4 is 11.7 Å². The first-order valence-electron chi connectivity index (χ1n) is 6.05. The van der Waals surface area contributed by atoms with Crippen LogP contribution in [0.4, 0.5) is 18.9 Å². The van der Waals surface area contributed by atoms with Crippen LogP contribution in [0.25, 0.3) is 0 Å². The fourth-order valence-electron chi connectivity index (χ4n) is 1.88. The second kappa shape index (κ2) is 6.30. The molecule has 0 saturated heterocycles. The lowest BCUT2D eigenvalue weighted by Crippen LogP contribution is -2.22. The summed E-state index contributed by atoms with van der Waals surface area (Å²) in [6.45, 7) is 0. The average Bonchev–Trinajstić information content (AvgIpc) is 2.43. The smallest absolute Gasteiger partial charge is 0.332 e. The van der Waals surface area contributed by atoms with Gasteiger partial charge in [-0.3, -0.25) is 0 Å². The molecule has 0 saturated carbocycles. The minimum Gasteiger partial charge on any atom is -0.467 e. The molecule has 2 aromatic rings. The van der Waals surface area contributed by atoms with Crippen LogP contribution in [0.2, 0.25) is 0 Å². The molecule has 0 aliphatic rings. The van der Waals surface area contributed by atoms with Gasteiger partial charge in [-0.25, -0.2) is 18.0 Å². The van der Waals surface area contributed by atoms with Crippen molar-refractivity contribution in [2.45, 2.75) is 6.04 Å². The van der Waals surface area contributed by atoms with Gasteiger partial charge in [0.25, 0.3) is 0 Å². The van der Waals surface area contributed by atoms with Crippen molar-refractivity contribution in [2.75, 3.05) is 12.4 Å². The number of hydrogen-bond acceptors (Lipinski definition) is 3. The van der Waals surface area contributed by atoms with Gasteiger partial charge in [-0.15, -0.1) is 0 Å². The summed E-state index contributed by atoms with van der Waals surface area (Å²) in [5.41, 5.74) is 0.332. The number of halogens is 3. The summed E-state index contributed by atoms with van der Waals surface area (Å²) in [7, 11) is 1.15. The molecule has 3 nitrogen and oxygen atoms in total. The third-order valence-corrected chi connectivity index (χ3v) is 2.79. The second-order valence-corrected chi connectivity index (χ2v) is 4.31. The average molecular weight is 295 g/mol. The monoisotopic (exact) mass is 295 g/mol. The SMILES string of the molecule is COC(=O)C(Nc1cccc(F)c1)c1cc(F)cc(F)c1. The Balaban J connectivity index is 2.36. The summed E-state index contributed by atoms with van der Waals surface area (Å²) < 4.78 is 44.3. The van der Waals surface area contributed by atoms with Crippen LogP contribution in [-0.2, 0) is 9.53 Å². The molecule has 21 heavy (non-hydrogen) atoms. The van der Waals surface area contributed by atoms with Crippen LogP contribution in [0.3, 0.4) is 0 Å². The van der Waals surface area contributed by atoms with Gasteiger partial charge in [0, 0.05) is 11.8 Å². The molecule has 2 aromatic carbocycles. The van der Waals surface area contributed by atoms with Crippen molar-refractivity contribution in [3.05, 3.63) is 65.5 Å². The molecule has 0 amide bonds. The van der Waals surface area contributed by atoms with E-state index >= 15 is 0 Å². The Kier molecular flexibility index (Phi) is 4.47. The molecular weight excluding hydrogens is 283 g/mol. The zero-order chi connectivity index (χ0) is 15.4. The van der Waals surface area contributed by atoms with E-state index < -0.39 is 29.5 Å². The maximum atomic E-state index is 13.3. The number of nitrogens with one attached hydrogen (secondary N) is 1. The molecule has 0 aliphatic carbocycles. The number of benzene rings is 2. The van der Waals surface area contributed by atoms with E-state index in [2.05, 4.69) is 10.1 Å². The summed E-state index contributed by atoms with van der Waals surface area (Å²) in [4.78, 5) is 11.8. The molecule has 6 heteroatoms. The molecule has 110 valence electrons. The summed E-state index contributed by atoms with van der Waals surface area (Å²) in [5.74, 6) is -2.89. The summed E-state index contributed by atoms with van der Waals surface area (Å²) >= 11 is 0. The molecule has 0 aromatic heterocycles.